The molecular formula is C20H22F7N5O2. The Bertz CT molecular complexity index is 1030. The molecule has 2 aromatic heterocycles. The number of alkyl halides is 7. The van der Waals surface area contributed by atoms with Gasteiger partial charge in [0.05, 0.1) is 0 Å². The Balaban J connectivity index is 0.00000129. The van der Waals surface area contributed by atoms with E-state index in [-0.39, 0.29) is 25.4 Å². The van der Waals surface area contributed by atoms with E-state index in [0.717, 1.165) is 0 Å². The van der Waals surface area contributed by atoms with Gasteiger partial charge in [0.2, 0.25) is 12.3 Å². The van der Waals surface area contributed by atoms with Gasteiger partial charge >= 0.3 is 6.18 Å². The number of aryl methyl sites for hydroxylation is 1. The summed E-state index contributed by atoms with van der Waals surface area (Å²) in [5.74, 6) is -9.16. The third-order valence-electron chi connectivity index (χ3n) is 4.96. The first-order chi connectivity index (χ1) is 15.6. The number of aromatic nitrogens is 3. The fourth-order valence-electron chi connectivity index (χ4n) is 3.66. The van der Waals surface area contributed by atoms with Gasteiger partial charge in [0.1, 0.15) is 17.0 Å². The molecule has 0 bridgehead atoms. The van der Waals surface area contributed by atoms with Crippen molar-refractivity contribution in [2.75, 3.05) is 5.32 Å². The first-order valence-corrected chi connectivity index (χ1v) is 9.92. The number of carbonyl (C=O) groups excluding carboxylic acids is 2. The van der Waals surface area contributed by atoms with Crippen LogP contribution in [0.4, 0.5) is 36.4 Å². The highest BCUT2D eigenvalue weighted by Gasteiger charge is 2.49. The van der Waals surface area contributed by atoms with Crippen LogP contribution in [0, 0.1) is 12.8 Å². The van der Waals surface area contributed by atoms with Crippen LogP contribution in [0.15, 0.2) is 18.3 Å². The molecule has 2 aromatic rings. The fraction of sp³-hybridized carbons (Fsp3) is 0.500. The predicted octanol–water partition coefficient (Wildman–Crippen LogP) is 4.51. The van der Waals surface area contributed by atoms with Crippen LogP contribution in [0.2, 0.25) is 0 Å². The smallest absolute Gasteiger partial charge is 0.372 e. The first kappa shape index (κ1) is 27.1. The van der Waals surface area contributed by atoms with Gasteiger partial charge in [-0.05, 0) is 31.4 Å². The quantitative estimate of drug-likeness (QED) is 0.469. The van der Waals surface area contributed by atoms with Crippen LogP contribution in [-0.4, -0.2) is 33.0 Å². The minimum absolute atomic E-state index is 0.0311. The molecule has 0 radical (unpaired) electrons. The molecule has 34 heavy (non-hydrogen) atoms. The summed E-state index contributed by atoms with van der Waals surface area (Å²) in [4.78, 5) is 25.2. The zero-order chi connectivity index (χ0) is 25.9. The Hall–Kier alpha value is -3.19. The van der Waals surface area contributed by atoms with Gasteiger partial charge in [-0.3, -0.25) is 19.3 Å². The van der Waals surface area contributed by atoms with E-state index in [1.807, 2.05) is 0 Å². The molecule has 1 unspecified atom stereocenters. The maximum absolute atomic E-state index is 14.0. The molecule has 1 atom stereocenters. The molecule has 3 N–H and O–H groups in total. The van der Waals surface area contributed by atoms with Crippen LogP contribution in [0.3, 0.4) is 0 Å². The summed E-state index contributed by atoms with van der Waals surface area (Å²) in [6.07, 6.45) is -4.90. The van der Waals surface area contributed by atoms with Crippen molar-refractivity contribution in [2.24, 2.45) is 11.7 Å². The number of nitrogens with zero attached hydrogens (tertiary/aromatic N) is 3. The molecule has 7 nitrogen and oxygen atoms in total. The Kier molecular flexibility index (Phi) is 7.94. The molecule has 188 valence electrons. The monoisotopic (exact) mass is 497 g/mol. The SMILES string of the molecule is Cc1cc(NC(=O)c2c(C(F)(F)F)c(C(C)(F)F)nn2CC2CCC(F)(F)C2)ccn1.NC=O. The highest BCUT2D eigenvalue weighted by Crippen LogP contribution is 2.43. The molecular weight excluding hydrogens is 475 g/mol. The molecule has 0 aromatic carbocycles. The van der Waals surface area contributed by atoms with Crippen LogP contribution in [0.5, 0.6) is 0 Å². The molecule has 2 amide bonds. The van der Waals surface area contributed by atoms with Crippen molar-refractivity contribution < 1.29 is 40.3 Å². The number of rotatable bonds is 5. The van der Waals surface area contributed by atoms with Crippen molar-refractivity contribution in [1.82, 2.24) is 14.8 Å². The van der Waals surface area contributed by atoms with E-state index in [1.54, 1.807) is 6.92 Å². The second-order valence-electron chi connectivity index (χ2n) is 7.88. The number of hydrogen-bond donors (Lipinski definition) is 2. The molecule has 3 rings (SSSR count). The average Bonchev–Trinajstić information content (AvgIpc) is 3.22. The van der Waals surface area contributed by atoms with E-state index in [0.29, 0.717) is 10.4 Å². The van der Waals surface area contributed by atoms with Crippen LogP contribution >= 0.6 is 0 Å². The molecule has 0 spiro atoms. The van der Waals surface area contributed by atoms with Crippen LogP contribution < -0.4 is 11.1 Å². The van der Waals surface area contributed by atoms with Crippen molar-refractivity contribution in [2.45, 2.75) is 57.7 Å². The summed E-state index contributed by atoms with van der Waals surface area (Å²) in [6, 6.07) is 2.68. The number of pyridine rings is 1. The van der Waals surface area contributed by atoms with E-state index in [4.69, 9.17) is 4.79 Å². The second kappa shape index (κ2) is 9.97. The minimum Gasteiger partial charge on any atom is -0.372 e. The number of anilines is 1. The number of nitrogens with two attached hydrogens (primary N) is 1. The van der Waals surface area contributed by atoms with Gasteiger partial charge in [0.15, 0.2) is 0 Å². The molecule has 1 fully saturated rings. The Morgan fingerprint density at radius 2 is 1.94 bits per heavy atom. The lowest BCUT2D eigenvalue weighted by Crippen LogP contribution is -2.24. The topological polar surface area (TPSA) is 103 Å². The molecule has 1 aliphatic carbocycles. The number of halogens is 7. The summed E-state index contributed by atoms with van der Waals surface area (Å²) >= 11 is 0. The number of amides is 2. The third-order valence-corrected chi connectivity index (χ3v) is 4.96. The highest BCUT2D eigenvalue weighted by molar-refractivity contribution is 6.04. The predicted molar refractivity (Wildman–Crippen MR) is 106 cm³/mol. The molecule has 14 heteroatoms. The number of nitrogens with one attached hydrogen (secondary N) is 1. The van der Waals surface area contributed by atoms with Crippen molar-refractivity contribution >= 4 is 18.0 Å². The van der Waals surface area contributed by atoms with E-state index < -0.39 is 66.2 Å². The van der Waals surface area contributed by atoms with Gasteiger partial charge in [-0.25, -0.2) is 8.78 Å². The van der Waals surface area contributed by atoms with Gasteiger partial charge in [0.25, 0.3) is 11.8 Å². The van der Waals surface area contributed by atoms with Crippen LogP contribution in [0.1, 0.15) is 53.6 Å². The second-order valence-corrected chi connectivity index (χ2v) is 7.88. The molecule has 0 aliphatic heterocycles. The first-order valence-electron chi connectivity index (χ1n) is 9.92. The Labute approximate surface area is 189 Å². The lowest BCUT2D eigenvalue weighted by molar-refractivity contribution is -0.142. The van der Waals surface area contributed by atoms with Crippen molar-refractivity contribution in [3.8, 4) is 0 Å². The van der Waals surface area contributed by atoms with E-state index >= 15 is 0 Å². The zero-order valence-corrected chi connectivity index (χ0v) is 18.1. The van der Waals surface area contributed by atoms with Gasteiger partial charge < -0.3 is 11.1 Å². The molecule has 0 saturated heterocycles. The molecule has 2 heterocycles. The normalized spacial score (nSPS) is 17.6. The summed E-state index contributed by atoms with van der Waals surface area (Å²) in [6.45, 7) is 1.29. The fourth-order valence-corrected chi connectivity index (χ4v) is 3.66. The number of primary amides is 1. The van der Waals surface area contributed by atoms with Crippen molar-refractivity contribution in [3.63, 3.8) is 0 Å². The summed E-state index contributed by atoms with van der Waals surface area (Å²) in [7, 11) is 0. The standard InChI is InChI=1S/C19H19F7N4O.CH3NO/c1-10-7-12(4-6-27-10)28-16(31)14-13(19(24,25)26)15(17(2,20)21)29-30(14)9-11-3-5-18(22,23)8-11;2-1-3/h4,6-7,11H,3,5,8-9H2,1-2H3,(H,27,28,31);1H,(H2,2,3). The number of carbonyl (C=O) groups is 2. The third kappa shape index (κ3) is 6.67. The molecule has 1 aliphatic rings. The maximum atomic E-state index is 14.0. The van der Waals surface area contributed by atoms with Gasteiger partial charge in [-0.1, -0.05) is 0 Å². The van der Waals surface area contributed by atoms with E-state index in [1.165, 1.54) is 18.3 Å². The summed E-state index contributed by atoms with van der Waals surface area (Å²) < 4.78 is 96.8. The lowest BCUT2D eigenvalue weighted by Gasteiger charge is -2.15. The maximum Gasteiger partial charge on any atom is 0.420 e. The largest absolute Gasteiger partial charge is 0.420 e. The van der Waals surface area contributed by atoms with Crippen molar-refractivity contribution in [3.05, 3.63) is 41.0 Å². The van der Waals surface area contributed by atoms with Crippen molar-refractivity contribution in [1.29, 1.82) is 0 Å². The van der Waals surface area contributed by atoms with Crippen LogP contribution in [-0.2, 0) is 23.4 Å². The Morgan fingerprint density at radius 1 is 1.32 bits per heavy atom. The van der Waals surface area contributed by atoms with E-state index in [9.17, 15) is 35.5 Å². The zero-order valence-electron chi connectivity index (χ0n) is 18.1. The average molecular weight is 497 g/mol. The number of hydrogen-bond acceptors (Lipinski definition) is 4. The van der Waals surface area contributed by atoms with Gasteiger partial charge in [-0.15, -0.1) is 0 Å². The van der Waals surface area contributed by atoms with E-state index in [2.05, 4.69) is 21.1 Å². The summed E-state index contributed by atoms with van der Waals surface area (Å²) in [5.41, 5.74) is 0.0643. The Morgan fingerprint density at radius 3 is 2.41 bits per heavy atom. The lowest BCUT2D eigenvalue weighted by atomic mass is 10.1. The molecule has 1 saturated carbocycles. The summed E-state index contributed by atoms with van der Waals surface area (Å²) in [5, 5.41) is 5.59. The highest BCUT2D eigenvalue weighted by atomic mass is 19.4. The van der Waals surface area contributed by atoms with Gasteiger partial charge in [0, 0.05) is 43.9 Å². The van der Waals surface area contributed by atoms with Crippen LogP contribution in [0.25, 0.3) is 0 Å². The minimum atomic E-state index is -5.33. The van der Waals surface area contributed by atoms with Gasteiger partial charge in [-0.2, -0.15) is 27.1 Å².